The molecule has 4 heteroatoms. The van der Waals surface area contributed by atoms with Gasteiger partial charge in [0, 0.05) is 5.04 Å². The van der Waals surface area contributed by atoms with Crippen molar-refractivity contribution in [3.63, 3.8) is 0 Å². The van der Waals surface area contributed by atoms with Crippen molar-refractivity contribution in [3.05, 3.63) is 79.1 Å². The van der Waals surface area contributed by atoms with E-state index in [0.717, 1.165) is 0 Å². The molecule has 0 unspecified atom stereocenters. The second kappa shape index (κ2) is 6.05. The summed E-state index contributed by atoms with van der Waals surface area (Å²) in [5.41, 5.74) is 0. The fourth-order valence-electron chi connectivity index (χ4n) is 3.07. The zero-order chi connectivity index (χ0) is 16.3. The molecule has 1 heterocycles. The summed E-state index contributed by atoms with van der Waals surface area (Å²) in [4.78, 5) is 1.61. The minimum absolute atomic E-state index is 0.0539. The Hall–Kier alpha value is -2.33. The molecule has 3 aromatic rings. The molecule has 0 aliphatic carbocycles. The minimum Gasteiger partial charge on any atom is -0.444 e. The van der Waals surface area contributed by atoms with Gasteiger partial charge in [-0.2, -0.15) is 0 Å². The Kier molecular flexibility index (Phi) is 4.09. The predicted molar refractivity (Wildman–Crippen MR) is 96.4 cm³/mol. The van der Waals surface area contributed by atoms with Crippen LogP contribution >= 0.6 is 0 Å². The fourth-order valence-corrected chi connectivity index (χ4v) is 7.33. The highest BCUT2D eigenvalue weighted by Gasteiger charge is 2.53. The van der Waals surface area contributed by atoms with Crippen molar-refractivity contribution in [2.45, 2.75) is 25.8 Å². The lowest BCUT2D eigenvalue weighted by atomic mass is 10.2. The van der Waals surface area contributed by atoms with Gasteiger partial charge in [0.25, 0.3) is 0 Å². The first-order valence-corrected chi connectivity index (χ1v) is 9.75. The molecule has 3 rings (SSSR count). The lowest BCUT2D eigenvalue weighted by Gasteiger charge is -2.41. The van der Waals surface area contributed by atoms with Crippen LogP contribution in [0.25, 0.3) is 0 Å². The van der Waals surface area contributed by atoms with Crippen molar-refractivity contribution in [1.82, 2.24) is 9.94 Å². The second-order valence-electron chi connectivity index (χ2n) is 6.66. The van der Waals surface area contributed by atoms with Gasteiger partial charge >= 0.3 is 8.32 Å². The Labute approximate surface area is 138 Å². The van der Waals surface area contributed by atoms with Crippen LogP contribution in [-0.4, -0.2) is 18.3 Å². The Balaban J connectivity index is 2.26. The third kappa shape index (κ3) is 2.82. The van der Waals surface area contributed by atoms with Crippen LogP contribution in [0.3, 0.4) is 0 Å². The zero-order valence-electron chi connectivity index (χ0n) is 13.8. The standard InChI is InChI=1S/C19H22N2OSi/c1-19(2,3)23(17-11-6-4-7-12-17,18-13-8-5-9-14-18)22-21-16-10-15-20-21/h4-16H,1-3H3. The molecule has 0 saturated heterocycles. The summed E-state index contributed by atoms with van der Waals surface area (Å²) in [5.74, 6) is 0. The maximum atomic E-state index is 6.62. The van der Waals surface area contributed by atoms with Crippen molar-refractivity contribution in [3.8, 4) is 0 Å². The summed E-state index contributed by atoms with van der Waals surface area (Å²) < 4.78 is 6.62. The van der Waals surface area contributed by atoms with E-state index in [1.54, 1.807) is 11.0 Å². The third-order valence-electron chi connectivity index (χ3n) is 4.13. The van der Waals surface area contributed by atoms with Crippen LogP contribution in [0.4, 0.5) is 0 Å². The summed E-state index contributed by atoms with van der Waals surface area (Å²) in [6.07, 6.45) is 3.61. The van der Waals surface area contributed by atoms with Gasteiger partial charge in [-0.3, -0.25) is 0 Å². The highest BCUT2D eigenvalue weighted by Crippen LogP contribution is 2.34. The average Bonchev–Trinajstić information content (AvgIpc) is 3.06. The summed E-state index contributed by atoms with van der Waals surface area (Å²) in [6, 6.07) is 23.0. The number of hydrogen-bond acceptors (Lipinski definition) is 2. The first-order chi connectivity index (χ1) is 11.0. The van der Waals surface area contributed by atoms with Gasteiger partial charge in [0.15, 0.2) is 0 Å². The molecule has 0 atom stereocenters. The SMILES string of the molecule is CC(C)(C)[Si](On1cccn1)(c1ccccc1)c1ccccc1. The van der Waals surface area contributed by atoms with Crippen molar-refractivity contribution in [1.29, 1.82) is 0 Å². The normalized spacial score (nSPS) is 12.1. The van der Waals surface area contributed by atoms with Crippen LogP contribution in [0.1, 0.15) is 20.8 Å². The van der Waals surface area contributed by atoms with E-state index >= 15 is 0 Å². The van der Waals surface area contributed by atoms with Crippen LogP contribution in [0.5, 0.6) is 0 Å². The monoisotopic (exact) mass is 322 g/mol. The van der Waals surface area contributed by atoms with Gasteiger partial charge in [-0.15, -0.1) is 9.94 Å². The lowest BCUT2D eigenvalue weighted by Crippen LogP contribution is -2.70. The molecule has 2 aromatic carbocycles. The van der Waals surface area contributed by atoms with Crippen LogP contribution in [0, 0.1) is 0 Å². The van der Waals surface area contributed by atoms with Crippen molar-refractivity contribution in [2.24, 2.45) is 0 Å². The summed E-state index contributed by atoms with van der Waals surface area (Å²) >= 11 is 0. The van der Waals surface area contributed by atoms with Gasteiger partial charge in [0.05, 0.1) is 12.4 Å². The average molecular weight is 322 g/mol. The van der Waals surface area contributed by atoms with E-state index in [-0.39, 0.29) is 5.04 Å². The van der Waals surface area contributed by atoms with Gasteiger partial charge in [-0.05, 0) is 16.4 Å². The number of benzene rings is 2. The summed E-state index contributed by atoms with van der Waals surface area (Å²) in [6.45, 7) is 6.76. The van der Waals surface area contributed by atoms with Crippen LogP contribution < -0.4 is 14.9 Å². The van der Waals surface area contributed by atoms with E-state index in [4.69, 9.17) is 4.53 Å². The molecule has 0 amide bonds. The Morgan fingerprint density at radius 3 is 1.74 bits per heavy atom. The topological polar surface area (TPSA) is 27.1 Å². The van der Waals surface area contributed by atoms with Gasteiger partial charge < -0.3 is 4.53 Å². The molecular weight excluding hydrogens is 300 g/mol. The molecular formula is C19H22N2OSi. The van der Waals surface area contributed by atoms with Crippen LogP contribution in [0.15, 0.2) is 79.1 Å². The molecule has 0 N–H and O–H groups in total. The molecule has 0 fully saturated rings. The van der Waals surface area contributed by atoms with Crippen LogP contribution in [-0.2, 0) is 0 Å². The fraction of sp³-hybridized carbons (Fsp3) is 0.211. The molecule has 0 radical (unpaired) electrons. The second-order valence-corrected chi connectivity index (χ2v) is 10.9. The number of hydrogen-bond donors (Lipinski definition) is 0. The van der Waals surface area contributed by atoms with Gasteiger partial charge in [-0.25, -0.2) is 0 Å². The summed E-state index contributed by atoms with van der Waals surface area (Å²) in [5, 5.41) is 6.73. The predicted octanol–water partition coefficient (Wildman–Crippen LogP) is 2.87. The van der Waals surface area contributed by atoms with Gasteiger partial charge in [0.2, 0.25) is 0 Å². The Morgan fingerprint density at radius 1 is 0.826 bits per heavy atom. The lowest BCUT2D eigenvalue weighted by molar-refractivity contribution is 0.218. The van der Waals surface area contributed by atoms with Crippen molar-refractivity contribution in [2.75, 3.05) is 0 Å². The van der Waals surface area contributed by atoms with Crippen molar-refractivity contribution >= 4 is 18.7 Å². The molecule has 0 saturated carbocycles. The number of rotatable bonds is 4. The van der Waals surface area contributed by atoms with E-state index in [1.165, 1.54) is 10.4 Å². The third-order valence-corrected chi connectivity index (χ3v) is 8.99. The maximum Gasteiger partial charge on any atom is 0.354 e. The Bertz CT molecular complexity index is 695. The van der Waals surface area contributed by atoms with Crippen LogP contribution in [0.2, 0.25) is 5.04 Å². The van der Waals surface area contributed by atoms with E-state index in [0.29, 0.717) is 0 Å². The first-order valence-electron chi connectivity index (χ1n) is 7.84. The van der Waals surface area contributed by atoms with E-state index in [9.17, 15) is 0 Å². The molecule has 23 heavy (non-hydrogen) atoms. The first kappa shape index (κ1) is 15.6. The van der Waals surface area contributed by atoms with E-state index in [1.807, 2.05) is 24.4 Å². The van der Waals surface area contributed by atoms with Gasteiger partial charge in [0.1, 0.15) is 0 Å². The molecule has 0 bridgehead atoms. The summed E-state index contributed by atoms with van der Waals surface area (Å²) in [7, 11) is -2.55. The zero-order valence-corrected chi connectivity index (χ0v) is 14.8. The highest BCUT2D eigenvalue weighted by atomic mass is 28.4. The molecule has 118 valence electrons. The molecule has 3 nitrogen and oxygen atoms in total. The Morgan fingerprint density at radius 2 is 1.35 bits per heavy atom. The molecule has 1 aromatic heterocycles. The smallest absolute Gasteiger partial charge is 0.354 e. The van der Waals surface area contributed by atoms with E-state index < -0.39 is 8.32 Å². The minimum atomic E-state index is -2.55. The largest absolute Gasteiger partial charge is 0.444 e. The van der Waals surface area contributed by atoms with Gasteiger partial charge in [-0.1, -0.05) is 81.4 Å². The molecule has 0 aliphatic rings. The molecule has 0 spiro atoms. The number of aromatic nitrogens is 2. The molecule has 0 aliphatic heterocycles. The van der Waals surface area contributed by atoms with Crippen molar-refractivity contribution < 1.29 is 4.53 Å². The quantitative estimate of drug-likeness (QED) is 0.691. The number of nitrogens with zero attached hydrogens (tertiary/aromatic N) is 2. The maximum absolute atomic E-state index is 6.62. The highest BCUT2D eigenvalue weighted by molar-refractivity contribution is 6.99. The van der Waals surface area contributed by atoms with E-state index in [2.05, 4.69) is 74.4 Å².